The molecule has 1 heteroatoms. The van der Waals surface area contributed by atoms with Gasteiger partial charge in [0.2, 0.25) is 0 Å². The van der Waals surface area contributed by atoms with Gasteiger partial charge in [0.05, 0.1) is 14.1 Å². The summed E-state index contributed by atoms with van der Waals surface area (Å²) in [4.78, 5) is 0. The summed E-state index contributed by atoms with van der Waals surface area (Å²) in [7, 11) is 4.48. The Labute approximate surface area is 125 Å². The monoisotopic (exact) mass is 272 g/mol. The maximum atomic E-state index is 2.35. The molecule has 0 saturated carbocycles. The highest BCUT2D eigenvalue weighted by atomic mass is 15.3. The molecule has 0 atom stereocenters. The van der Waals surface area contributed by atoms with Crippen molar-refractivity contribution in [1.82, 2.24) is 4.48 Å². The van der Waals surface area contributed by atoms with Crippen LogP contribution in [0, 0.1) is 0 Å². The molecule has 1 nitrogen and oxygen atoms in total. The van der Waals surface area contributed by atoms with E-state index in [0.29, 0.717) is 0 Å². The standard InChI is InChI=1S/C20H18N/c1-21(2)14-19(15-8-4-3-5-9-15)18-12-16-10-6-7-11-17(16)13-20(18)21/h3-14H,1-2H3/q+1. The molecule has 0 aliphatic carbocycles. The molecule has 0 amide bonds. The van der Waals surface area contributed by atoms with E-state index in [1.165, 1.54) is 33.2 Å². The van der Waals surface area contributed by atoms with Gasteiger partial charge in [-0.1, -0.05) is 54.6 Å². The third-order valence-electron chi connectivity index (χ3n) is 4.31. The van der Waals surface area contributed by atoms with Crippen LogP contribution in [-0.4, -0.2) is 14.1 Å². The van der Waals surface area contributed by atoms with Crippen LogP contribution < -0.4 is 4.48 Å². The first-order valence-corrected chi connectivity index (χ1v) is 7.31. The number of quaternary nitrogens is 1. The van der Waals surface area contributed by atoms with Crippen molar-refractivity contribution in [1.29, 1.82) is 0 Å². The summed E-state index contributed by atoms with van der Waals surface area (Å²) in [6, 6.07) is 23.9. The van der Waals surface area contributed by atoms with Gasteiger partial charge < -0.3 is 0 Å². The van der Waals surface area contributed by atoms with Crippen LogP contribution in [0.2, 0.25) is 0 Å². The zero-order chi connectivity index (χ0) is 14.4. The van der Waals surface area contributed by atoms with E-state index < -0.39 is 0 Å². The average molecular weight is 272 g/mol. The molecule has 0 bridgehead atoms. The van der Waals surface area contributed by atoms with Crippen molar-refractivity contribution >= 4 is 22.0 Å². The van der Waals surface area contributed by atoms with Gasteiger partial charge in [-0.05, 0) is 22.4 Å². The molecule has 0 aromatic heterocycles. The highest BCUT2D eigenvalue weighted by molar-refractivity contribution is 5.98. The van der Waals surface area contributed by atoms with Gasteiger partial charge in [0.1, 0.15) is 11.9 Å². The molecule has 0 radical (unpaired) electrons. The van der Waals surface area contributed by atoms with Gasteiger partial charge in [0.15, 0.2) is 0 Å². The fourth-order valence-electron chi connectivity index (χ4n) is 3.23. The number of hydrogen-bond acceptors (Lipinski definition) is 0. The average Bonchev–Trinajstić information content (AvgIpc) is 2.77. The number of nitrogens with zero attached hydrogens (tertiary/aromatic N) is 1. The van der Waals surface area contributed by atoms with Gasteiger partial charge >= 0.3 is 0 Å². The van der Waals surface area contributed by atoms with Crippen molar-refractivity contribution in [3.8, 4) is 0 Å². The van der Waals surface area contributed by atoms with Crippen molar-refractivity contribution in [3.05, 3.63) is 84.1 Å². The lowest BCUT2D eigenvalue weighted by Crippen LogP contribution is -2.31. The lowest BCUT2D eigenvalue weighted by atomic mass is 9.97. The summed E-state index contributed by atoms with van der Waals surface area (Å²) in [6.45, 7) is 0. The molecule has 1 heterocycles. The SMILES string of the molecule is C[N+]1(C)C=C(c2ccccc2)c2cc3ccccc3cc21. The van der Waals surface area contributed by atoms with Gasteiger partial charge in [-0.3, -0.25) is 4.48 Å². The second kappa shape index (κ2) is 4.31. The third-order valence-corrected chi connectivity index (χ3v) is 4.31. The Hall–Kier alpha value is -2.38. The van der Waals surface area contributed by atoms with Gasteiger partial charge in [-0.15, -0.1) is 0 Å². The van der Waals surface area contributed by atoms with E-state index in [9.17, 15) is 0 Å². The normalized spacial score (nSPS) is 15.8. The van der Waals surface area contributed by atoms with Crippen LogP contribution >= 0.6 is 0 Å². The van der Waals surface area contributed by atoms with Crippen molar-refractivity contribution in [2.45, 2.75) is 0 Å². The predicted molar refractivity (Wildman–Crippen MR) is 91.1 cm³/mol. The summed E-state index contributed by atoms with van der Waals surface area (Å²) in [5.74, 6) is 0. The zero-order valence-corrected chi connectivity index (χ0v) is 12.4. The molecule has 3 aromatic rings. The molecule has 21 heavy (non-hydrogen) atoms. The topological polar surface area (TPSA) is 0 Å². The van der Waals surface area contributed by atoms with Crippen LogP contribution in [0.5, 0.6) is 0 Å². The summed E-state index contributed by atoms with van der Waals surface area (Å²) in [6.07, 6.45) is 2.35. The first-order valence-electron chi connectivity index (χ1n) is 7.31. The lowest BCUT2D eigenvalue weighted by molar-refractivity contribution is 0.551. The van der Waals surface area contributed by atoms with Crippen LogP contribution in [0.1, 0.15) is 11.1 Å². The van der Waals surface area contributed by atoms with Gasteiger partial charge in [0, 0.05) is 17.2 Å². The molecular weight excluding hydrogens is 254 g/mol. The van der Waals surface area contributed by atoms with E-state index in [1.54, 1.807) is 0 Å². The fourth-order valence-corrected chi connectivity index (χ4v) is 3.23. The van der Waals surface area contributed by atoms with Crippen LogP contribution in [0.25, 0.3) is 16.3 Å². The van der Waals surface area contributed by atoms with E-state index in [1.807, 2.05) is 0 Å². The van der Waals surface area contributed by atoms with E-state index in [4.69, 9.17) is 0 Å². The Morgan fingerprint density at radius 2 is 1.33 bits per heavy atom. The van der Waals surface area contributed by atoms with Crippen molar-refractivity contribution in [3.63, 3.8) is 0 Å². The first-order chi connectivity index (χ1) is 10.1. The minimum Gasteiger partial charge on any atom is -0.269 e. The number of rotatable bonds is 1. The first kappa shape index (κ1) is 12.4. The molecular formula is C20H18N+. The van der Waals surface area contributed by atoms with E-state index in [0.717, 1.165) is 4.48 Å². The van der Waals surface area contributed by atoms with Gasteiger partial charge in [0.25, 0.3) is 0 Å². The van der Waals surface area contributed by atoms with Crippen LogP contribution in [0.3, 0.4) is 0 Å². The fraction of sp³-hybridized carbons (Fsp3) is 0.100. The van der Waals surface area contributed by atoms with Crippen molar-refractivity contribution in [2.75, 3.05) is 14.1 Å². The lowest BCUT2D eigenvalue weighted by Gasteiger charge is -2.21. The Bertz CT molecular complexity index is 857. The maximum Gasteiger partial charge on any atom is 0.145 e. The Morgan fingerprint density at radius 3 is 2.05 bits per heavy atom. The van der Waals surface area contributed by atoms with Crippen LogP contribution in [0.4, 0.5) is 5.69 Å². The maximum absolute atomic E-state index is 2.35. The van der Waals surface area contributed by atoms with Crippen molar-refractivity contribution in [2.24, 2.45) is 0 Å². The second-order valence-corrected chi connectivity index (χ2v) is 6.17. The van der Waals surface area contributed by atoms with E-state index >= 15 is 0 Å². The molecule has 4 rings (SSSR count). The number of fused-ring (bicyclic) bond motifs is 2. The summed E-state index contributed by atoms with van der Waals surface area (Å²) in [5.41, 5.74) is 5.34. The van der Waals surface area contributed by atoms with Crippen LogP contribution in [0.15, 0.2) is 72.9 Å². The Kier molecular flexibility index (Phi) is 2.54. The zero-order valence-electron chi connectivity index (χ0n) is 12.4. The largest absolute Gasteiger partial charge is 0.269 e. The summed E-state index contributed by atoms with van der Waals surface area (Å²) in [5, 5.41) is 2.62. The van der Waals surface area contributed by atoms with Crippen LogP contribution in [-0.2, 0) is 0 Å². The number of benzene rings is 3. The molecule has 102 valence electrons. The van der Waals surface area contributed by atoms with Crippen molar-refractivity contribution < 1.29 is 0 Å². The molecule has 0 N–H and O–H groups in total. The van der Waals surface area contributed by atoms with E-state index in [-0.39, 0.29) is 0 Å². The molecule has 3 aromatic carbocycles. The Balaban J connectivity index is 2.01. The Morgan fingerprint density at radius 1 is 0.714 bits per heavy atom. The molecule has 0 unspecified atom stereocenters. The molecule has 0 fully saturated rings. The van der Waals surface area contributed by atoms with E-state index in [2.05, 4.69) is 87.0 Å². The quantitative estimate of drug-likeness (QED) is 0.558. The summed E-state index contributed by atoms with van der Waals surface area (Å²) >= 11 is 0. The van der Waals surface area contributed by atoms with Gasteiger partial charge in [-0.2, -0.15) is 0 Å². The summed E-state index contributed by atoms with van der Waals surface area (Å²) < 4.78 is 0.796. The number of hydrogen-bond donors (Lipinski definition) is 0. The molecule has 0 saturated heterocycles. The molecule has 1 aliphatic heterocycles. The molecule has 0 spiro atoms. The smallest absolute Gasteiger partial charge is 0.145 e. The third kappa shape index (κ3) is 1.90. The van der Waals surface area contributed by atoms with Gasteiger partial charge in [-0.25, -0.2) is 0 Å². The highest BCUT2D eigenvalue weighted by Crippen LogP contribution is 2.43. The minimum atomic E-state index is 0.796. The second-order valence-electron chi connectivity index (χ2n) is 6.17. The highest BCUT2D eigenvalue weighted by Gasteiger charge is 2.32. The predicted octanol–water partition coefficient (Wildman–Crippen LogP) is 4.81. The molecule has 1 aliphatic rings. The minimum absolute atomic E-state index is 0.796.